The molecule has 0 saturated carbocycles. The van der Waals surface area contributed by atoms with Crippen LogP contribution < -0.4 is 0 Å². The Labute approximate surface area is 83.3 Å². The number of alkyl halides is 1. The third-order valence-electron chi connectivity index (χ3n) is 1.51. The highest BCUT2D eigenvalue weighted by Crippen LogP contribution is 2.09. The second-order valence-corrected chi connectivity index (χ2v) is 4.14. The van der Waals surface area contributed by atoms with Crippen molar-refractivity contribution in [1.82, 2.24) is 0 Å². The van der Waals surface area contributed by atoms with Gasteiger partial charge in [0.2, 0.25) is 0 Å². The molecule has 0 saturated heterocycles. The van der Waals surface area contributed by atoms with Gasteiger partial charge in [-0.25, -0.2) is 0 Å². The molecule has 2 heteroatoms. The lowest BCUT2D eigenvalue weighted by Gasteiger charge is -1.99. The Balaban J connectivity index is 3.71. The van der Waals surface area contributed by atoms with Gasteiger partial charge in [0.25, 0.3) is 0 Å². The van der Waals surface area contributed by atoms with E-state index in [9.17, 15) is 0 Å². The maximum Gasteiger partial charge on any atom is 0.127 e. The van der Waals surface area contributed by atoms with Crippen LogP contribution in [0.1, 0.15) is 33.6 Å². The van der Waals surface area contributed by atoms with E-state index in [1.807, 2.05) is 13.0 Å². The summed E-state index contributed by atoms with van der Waals surface area (Å²) in [5, 5.41) is 8.46. The molecule has 1 atom stereocenters. The fourth-order valence-electron chi connectivity index (χ4n) is 0.907. The van der Waals surface area contributed by atoms with Crippen molar-refractivity contribution >= 4 is 15.9 Å². The van der Waals surface area contributed by atoms with E-state index in [1.54, 1.807) is 0 Å². The summed E-state index contributed by atoms with van der Waals surface area (Å²) in [4.78, 5) is 0. The summed E-state index contributed by atoms with van der Waals surface area (Å²) in [6.45, 7) is 6.22. The first kappa shape index (κ1) is 11.9. The quantitative estimate of drug-likeness (QED) is 0.582. The molecule has 12 heavy (non-hydrogen) atoms. The summed E-state index contributed by atoms with van der Waals surface area (Å²) in [6.07, 6.45) is 6.11. The molecule has 0 bridgehead atoms. The van der Waals surface area contributed by atoms with Crippen molar-refractivity contribution in [2.45, 2.75) is 38.6 Å². The number of hydrogen-bond acceptors (Lipinski definition) is 1. The highest BCUT2D eigenvalue weighted by Gasteiger charge is 1.93. The molecule has 0 heterocycles. The topological polar surface area (TPSA) is 20.2 Å². The summed E-state index contributed by atoms with van der Waals surface area (Å²) in [7, 11) is 0. The van der Waals surface area contributed by atoms with Crippen LogP contribution in [-0.4, -0.2) is 10.1 Å². The van der Waals surface area contributed by atoms with Crippen molar-refractivity contribution in [1.29, 1.82) is 0 Å². The Morgan fingerprint density at radius 3 is 2.42 bits per heavy atom. The SMILES string of the molecule is CC(C)=CCC/C(C)=C\C(O)Br. The maximum atomic E-state index is 8.96. The van der Waals surface area contributed by atoms with Crippen molar-refractivity contribution in [3.8, 4) is 0 Å². The molecule has 0 aliphatic heterocycles. The van der Waals surface area contributed by atoms with E-state index < -0.39 is 5.01 Å². The van der Waals surface area contributed by atoms with Crippen LogP contribution in [0.2, 0.25) is 0 Å². The first-order valence-corrected chi connectivity index (χ1v) is 5.06. The molecule has 0 fully saturated rings. The molecular weight excluding hydrogens is 216 g/mol. The first-order valence-electron chi connectivity index (χ1n) is 4.15. The average Bonchev–Trinajstić information content (AvgIpc) is 1.84. The number of halogens is 1. The van der Waals surface area contributed by atoms with Gasteiger partial charge in [-0.05, 0) is 39.7 Å². The second kappa shape index (κ2) is 6.44. The normalized spacial score (nSPS) is 14.2. The monoisotopic (exact) mass is 232 g/mol. The predicted octanol–water partition coefficient (Wildman–Crippen LogP) is 3.39. The third-order valence-corrected chi connectivity index (χ3v) is 1.78. The van der Waals surface area contributed by atoms with Gasteiger partial charge in [0, 0.05) is 0 Å². The van der Waals surface area contributed by atoms with Crippen LogP contribution >= 0.6 is 15.9 Å². The molecule has 0 rings (SSSR count). The number of aliphatic hydroxyl groups excluding tert-OH is 1. The summed E-state index contributed by atoms with van der Waals surface area (Å²) in [5.74, 6) is 0. The molecule has 0 aliphatic rings. The molecule has 0 spiro atoms. The summed E-state index contributed by atoms with van der Waals surface area (Å²) in [6, 6.07) is 0. The van der Waals surface area contributed by atoms with Gasteiger partial charge in [-0.15, -0.1) is 0 Å². The fraction of sp³-hybridized carbons (Fsp3) is 0.600. The van der Waals surface area contributed by atoms with Crippen LogP contribution in [0.4, 0.5) is 0 Å². The molecule has 70 valence electrons. The summed E-state index contributed by atoms with van der Waals surface area (Å²) < 4.78 is 0. The van der Waals surface area contributed by atoms with E-state index in [4.69, 9.17) is 5.11 Å². The molecule has 0 aliphatic carbocycles. The zero-order valence-corrected chi connectivity index (χ0v) is 9.56. The Bertz CT molecular complexity index is 176. The molecule has 1 unspecified atom stereocenters. The van der Waals surface area contributed by atoms with Crippen molar-refractivity contribution in [2.24, 2.45) is 0 Å². The first-order chi connectivity index (χ1) is 5.52. The van der Waals surface area contributed by atoms with Gasteiger partial charge >= 0.3 is 0 Å². The zero-order chi connectivity index (χ0) is 9.56. The van der Waals surface area contributed by atoms with E-state index in [0.717, 1.165) is 12.8 Å². The Hall–Kier alpha value is -0.0800. The lowest BCUT2D eigenvalue weighted by atomic mass is 10.1. The van der Waals surface area contributed by atoms with Crippen molar-refractivity contribution in [3.63, 3.8) is 0 Å². The summed E-state index contributed by atoms with van der Waals surface area (Å²) >= 11 is 3.06. The lowest BCUT2D eigenvalue weighted by molar-refractivity contribution is 0.315. The lowest BCUT2D eigenvalue weighted by Crippen LogP contribution is -1.89. The molecule has 0 aromatic carbocycles. The number of allylic oxidation sites excluding steroid dienone is 3. The van der Waals surface area contributed by atoms with E-state index in [1.165, 1.54) is 11.1 Å². The largest absolute Gasteiger partial charge is 0.378 e. The standard InChI is InChI=1S/C10H17BrO/c1-8(2)5-4-6-9(3)7-10(11)12/h5,7,10,12H,4,6H2,1-3H3/b9-7-. The minimum Gasteiger partial charge on any atom is -0.378 e. The van der Waals surface area contributed by atoms with Crippen LogP contribution in [0.15, 0.2) is 23.3 Å². The van der Waals surface area contributed by atoms with Crippen LogP contribution in [-0.2, 0) is 0 Å². The van der Waals surface area contributed by atoms with Gasteiger partial charge in [0.05, 0.1) is 0 Å². The third kappa shape index (κ3) is 8.02. The Kier molecular flexibility index (Phi) is 6.39. The van der Waals surface area contributed by atoms with Crippen LogP contribution in [0.25, 0.3) is 0 Å². The van der Waals surface area contributed by atoms with E-state index in [0.29, 0.717) is 0 Å². The zero-order valence-electron chi connectivity index (χ0n) is 7.97. The van der Waals surface area contributed by atoms with Crippen molar-refractivity contribution < 1.29 is 5.11 Å². The van der Waals surface area contributed by atoms with Gasteiger partial charge in [-0.2, -0.15) is 0 Å². The number of hydrogen-bond donors (Lipinski definition) is 1. The molecule has 0 aromatic rings. The van der Waals surface area contributed by atoms with Gasteiger partial charge in [0.15, 0.2) is 0 Å². The highest BCUT2D eigenvalue weighted by atomic mass is 79.9. The Morgan fingerprint density at radius 2 is 2.00 bits per heavy atom. The van der Waals surface area contributed by atoms with Crippen LogP contribution in [0, 0.1) is 0 Å². The smallest absolute Gasteiger partial charge is 0.127 e. The average molecular weight is 233 g/mol. The van der Waals surface area contributed by atoms with Crippen LogP contribution in [0.5, 0.6) is 0 Å². The van der Waals surface area contributed by atoms with E-state index >= 15 is 0 Å². The van der Waals surface area contributed by atoms with E-state index in [2.05, 4.69) is 35.9 Å². The molecular formula is C10H17BrO. The molecule has 0 aromatic heterocycles. The van der Waals surface area contributed by atoms with Crippen molar-refractivity contribution in [3.05, 3.63) is 23.3 Å². The molecule has 0 radical (unpaired) electrons. The van der Waals surface area contributed by atoms with Crippen molar-refractivity contribution in [2.75, 3.05) is 0 Å². The number of rotatable bonds is 4. The Morgan fingerprint density at radius 1 is 1.42 bits per heavy atom. The molecule has 0 amide bonds. The second-order valence-electron chi connectivity index (χ2n) is 3.21. The fourth-order valence-corrected chi connectivity index (χ4v) is 1.36. The van der Waals surface area contributed by atoms with E-state index in [-0.39, 0.29) is 0 Å². The summed E-state index contributed by atoms with van der Waals surface area (Å²) in [5.41, 5.74) is 2.57. The maximum absolute atomic E-state index is 8.96. The van der Waals surface area contributed by atoms with Gasteiger partial charge in [-0.1, -0.05) is 33.2 Å². The van der Waals surface area contributed by atoms with Gasteiger partial charge in [0.1, 0.15) is 5.01 Å². The van der Waals surface area contributed by atoms with Gasteiger partial charge in [-0.3, -0.25) is 0 Å². The van der Waals surface area contributed by atoms with Crippen LogP contribution in [0.3, 0.4) is 0 Å². The van der Waals surface area contributed by atoms with Gasteiger partial charge < -0.3 is 5.11 Å². The number of aliphatic hydroxyl groups is 1. The molecule has 1 nitrogen and oxygen atoms in total. The minimum absolute atomic E-state index is 0.496. The highest BCUT2D eigenvalue weighted by molar-refractivity contribution is 9.09. The predicted molar refractivity (Wildman–Crippen MR) is 57.4 cm³/mol. The minimum atomic E-state index is -0.496. The molecule has 1 N–H and O–H groups in total.